The van der Waals surface area contributed by atoms with Crippen LogP contribution in [0.1, 0.15) is 31.4 Å². The van der Waals surface area contributed by atoms with Gasteiger partial charge in [0, 0.05) is 7.05 Å². The summed E-state index contributed by atoms with van der Waals surface area (Å²) in [6.07, 6.45) is 5.75. The highest BCUT2D eigenvalue weighted by Crippen LogP contribution is 2.29. The van der Waals surface area contributed by atoms with Gasteiger partial charge in [-0.2, -0.15) is 0 Å². The third-order valence-corrected chi connectivity index (χ3v) is 5.38. The first-order chi connectivity index (χ1) is 15.5. The maximum Gasteiger partial charge on any atom is 0.306 e. The average Bonchev–Trinajstić information content (AvgIpc) is 3.18. The summed E-state index contributed by atoms with van der Waals surface area (Å²) in [5.74, 6) is 0.262. The molecule has 1 aliphatic carbocycles. The third kappa shape index (κ3) is 4.93. The highest BCUT2D eigenvalue weighted by molar-refractivity contribution is 5.70. The molecule has 0 saturated heterocycles. The van der Waals surface area contributed by atoms with Crippen LogP contribution in [0.2, 0.25) is 0 Å². The van der Waals surface area contributed by atoms with Crippen LogP contribution in [0.3, 0.4) is 0 Å². The summed E-state index contributed by atoms with van der Waals surface area (Å²) in [6, 6.07) is 5.20. The van der Waals surface area contributed by atoms with Crippen molar-refractivity contribution in [3.63, 3.8) is 0 Å². The molecule has 1 saturated carbocycles. The first-order valence-corrected chi connectivity index (χ1v) is 10.3. The molecule has 0 bridgehead atoms. The first-order valence-electron chi connectivity index (χ1n) is 10.3. The van der Waals surface area contributed by atoms with E-state index in [-0.39, 0.29) is 18.6 Å². The van der Waals surface area contributed by atoms with E-state index >= 15 is 0 Å². The van der Waals surface area contributed by atoms with Gasteiger partial charge >= 0.3 is 5.97 Å². The molecular formula is C21H24N6O5. The lowest BCUT2D eigenvalue weighted by Gasteiger charge is -2.27. The molecule has 2 atom stereocenters. The molecule has 3 aromatic rings. The van der Waals surface area contributed by atoms with Gasteiger partial charge in [0.25, 0.3) is 0 Å². The molecule has 0 unspecified atom stereocenters. The second-order valence-electron chi connectivity index (χ2n) is 7.52. The van der Waals surface area contributed by atoms with E-state index in [1.165, 1.54) is 13.4 Å². The predicted octanol–water partition coefficient (Wildman–Crippen LogP) is 2.28. The minimum absolute atomic E-state index is 0.122. The van der Waals surface area contributed by atoms with Gasteiger partial charge in [-0.15, -0.1) is 5.10 Å². The normalized spacial score (nSPS) is 18.2. The summed E-state index contributed by atoms with van der Waals surface area (Å²) in [4.78, 5) is 23.7. The van der Waals surface area contributed by atoms with E-state index < -0.39 is 5.97 Å². The standard InChI is InChI=1S/C21H24N6O5/c1-27-17(11-31-19-9-18(30-2)23-12-24-19)20(25-26-27)16-7-6-15(10-22-16)32-14-5-3-4-13(8-14)21(28)29/h6-7,9-10,12-14H,3-5,8,11H2,1-2H3,(H,28,29)/t13-,14-/m0/s1. The van der Waals surface area contributed by atoms with Crippen LogP contribution >= 0.6 is 0 Å². The molecule has 4 rings (SSSR count). The summed E-state index contributed by atoms with van der Waals surface area (Å²) in [5.41, 5.74) is 1.93. The van der Waals surface area contributed by atoms with E-state index in [0.29, 0.717) is 41.7 Å². The number of aromatic nitrogens is 6. The SMILES string of the molecule is COc1cc(OCc2c(-c3ccc(O[C@H]4CCC[C@H](C(=O)O)C4)cn3)nnn2C)ncn1. The van der Waals surface area contributed by atoms with Crippen LogP contribution in [0.4, 0.5) is 0 Å². The Morgan fingerprint density at radius 1 is 1.22 bits per heavy atom. The van der Waals surface area contributed by atoms with Gasteiger partial charge in [0.2, 0.25) is 11.8 Å². The number of carboxylic acid groups (broad SMARTS) is 1. The Bertz CT molecular complexity index is 1070. The molecule has 1 N–H and O–H groups in total. The van der Waals surface area contributed by atoms with Crippen molar-refractivity contribution in [3.8, 4) is 28.9 Å². The van der Waals surface area contributed by atoms with Gasteiger partial charge in [-0.05, 0) is 37.8 Å². The van der Waals surface area contributed by atoms with E-state index in [2.05, 4.69) is 25.3 Å². The molecule has 1 fully saturated rings. The summed E-state index contributed by atoms with van der Waals surface area (Å²) in [6.45, 7) is 0.178. The Balaban J connectivity index is 1.43. The monoisotopic (exact) mass is 440 g/mol. The second kappa shape index (κ2) is 9.58. The van der Waals surface area contributed by atoms with Gasteiger partial charge in [0.05, 0.1) is 37.1 Å². The van der Waals surface area contributed by atoms with Gasteiger partial charge < -0.3 is 19.3 Å². The zero-order valence-corrected chi connectivity index (χ0v) is 17.8. The maximum absolute atomic E-state index is 11.3. The van der Waals surface area contributed by atoms with Gasteiger partial charge in [-0.3, -0.25) is 9.78 Å². The molecule has 11 nitrogen and oxygen atoms in total. The Morgan fingerprint density at radius 2 is 2.06 bits per heavy atom. The fourth-order valence-electron chi connectivity index (χ4n) is 3.65. The second-order valence-corrected chi connectivity index (χ2v) is 7.52. The molecule has 0 aromatic carbocycles. The van der Waals surface area contributed by atoms with E-state index in [4.69, 9.17) is 14.2 Å². The number of hydrogen-bond donors (Lipinski definition) is 1. The molecule has 0 radical (unpaired) electrons. The molecule has 3 heterocycles. The fraction of sp³-hybridized carbons (Fsp3) is 0.429. The fourth-order valence-corrected chi connectivity index (χ4v) is 3.65. The number of nitrogens with zero attached hydrogens (tertiary/aromatic N) is 6. The summed E-state index contributed by atoms with van der Waals surface area (Å²) >= 11 is 0. The Hall–Kier alpha value is -3.76. The zero-order chi connectivity index (χ0) is 22.5. The molecule has 0 spiro atoms. The number of carbonyl (C=O) groups is 1. The number of carboxylic acids is 1. The number of hydrogen-bond acceptors (Lipinski definition) is 9. The third-order valence-electron chi connectivity index (χ3n) is 5.38. The summed E-state index contributed by atoms with van der Waals surface area (Å²) in [7, 11) is 3.29. The molecule has 0 aliphatic heterocycles. The van der Waals surface area contributed by atoms with Crippen molar-refractivity contribution in [2.75, 3.05) is 7.11 Å². The van der Waals surface area contributed by atoms with Crippen molar-refractivity contribution in [3.05, 3.63) is 36.4 Å². The molecule has 0 amide bonds. The number of ether oxygens (including phenoxy) is 3. The van der Waals surface area contributed by atoms with Crippen LogP contribution in [0.5, 0.6) is 17.5 Å². The lowest BCUT2D eigenvalue weighted by atomic mass is 9.87. The lowest BCUT2D eigenvalue weighted by molar-refractivity contribution is -0.143. The van der Waals surface area contributed by atoms with Gasteiger partial charge in [-0.25, -0.2) is 14.6 Å². The maximum atomic E-state index is 11.3. The van der Waals surface area contributed by atoms with Gasteiger partial charge in [-0.1, -0.05) is 5.21 Å². The van der Waals surface area contributed by atoms with Crippen LogP contribution in [0.25, 0.3) is 11.4 Å². The van der Waals surface area contributed by atoms with E-state index in [0.717, 1.165) is 18.5 Å². The summed E-state index contributed by atoms with van der Waals surface area (Å²) in [5, 5.41) is 17.5. The average molecular weight is 440 g/mol. The molecule has 3 aromatic heterocycles. The van der Waals surface area contributed by atoms with Crippen molar-refractivity contribution in [1.29, 1.82) is 0 Å². The van der Waals surface area contributed by atoms with Crippen molar-refractivity contribution >= 4 is 5.97 Å². The highest BCUT2D eigenvalue weighted by atomic mass is 16.5. The molecule has 32 heavy (non-hydrogen) atoms. The highest BCUT2D eigenvalue weighted by Gasteiger charge is 2.28. The van der Waals surface area contributed by atoms with Gasteiger partial charge in [0.1, 0.15) is 30.1 Å². The zero-order valence-electron chi connectivity index (χ0n) is 17.8. The first kappa shape index (κ1) is 21.5. The van der Waals surface area contributed by atoms with Crippen LogP contribution in [-0.4, -0.2) is 54.2 Å². The van der Waals surface area contributed by atoms with E-state index in [9.17, 15) is 9.90 Å². The number of pyridine rings is 1. The topological polar surface area (TPSA) is 134 Å². The van der Waals surface area contributed by atoms with Crippen molar-refractivity contribution in [2.24, 2.45) is 13.0 Å². The van der Waals surface area contributed by atoms with Crippen LogP contribution < -0.4 is 14.2 Å². The minimum Gasteiger partial charge on any atom is -0.489 e. The Kier molecular flexibility index (Phi) is 6.43. The quantitative estimate of drug-likeness (QED) is 0.556. The number of aliphatic carboxylic acids is 1. The van der Waals surface area contributed by atoms with E-state index in [1.807, 2.05) is 0 Å². The number of rotatable bonds is 8. The lowest BCUT2D eigenvalue weighted by Crippen LogP contribution is -2.29. The van der Waals surface area contributed by atoms with Crippen LogP contribution in [0, 0.1) is 5.92 Å². The minimum atomic E-state index is -0.760. The molecule has 11 heteroatoms. The van der Waals surface area contributed by atoms with Crippen molar-refractivity contribution in [2.45, 2.75) is 38.4 Å². The molecule has 1 aliphatic rings. The largest absolute Gasteiger partial charge is 0.489 e. The van der Waals surface area contributed by atoms with Crippen molar-refractivity contribution < 1.29 is 24.1 Å². The Morgan fingerprint density at radius 3 is 2.81 bits per heavy atom. The molecule has 168 valence electrons. The Labute approximate surface area is 184 Å². The summed E-state index contributed by atoms with van der Waals surface area (Å²) < 4.78 is 18.4. The van der Waals surface area contributed by atoms with E-state index in [1.54, 1.807) is 36.1 Å². The number of aryl methyl sites for hydroxylation is 1. The van der Waals surface area contributed by atoms with Crippen LogP contribution in [0.15, 0.2) is 30.7 Å². The van der Waals surface area contributed by atoms with Crippen molar-refractivity contribution in [1.82, 2.24) is 29.9 Å². The smallest absolute Gasteiger partial charge is 0.306 e. The predicted molar refractivity (Wildman–Crippen MR) is 111 cm³/mol. The van der Waals surface area contributed by atoms with Crippen LogP contribution in [-0.2, 0) is 18.4 Å². The van der Waals surface area contributed by atoms with Gasteiger partial charge in [0.15, 0.2) is 0 Å². The number of methoxy groups -OCH3 is 1. The molecular weight excluding hydrogens is 416 g/mol.